The highest BCUT2D eigenvalue weighted by atomic mass is 16.5. The SMILES string of the molecule is Nc1nc2c(ncn2[C@H]2O[C@@H](CO)CC2O)c(=O)[nH]1. The summed E-state index contributed by atoms with van der Waals surface area (Å²) in [5.74, 6) is -0.0366. The predicted octanol–water partition coefficient (Wildman–Crippen LogP) is -1.66. The standard InChI is InChI=1S/C10H13N5O4/c11-10-13-7-6(8(18)14-10)12-3-15(7)9-5(17)1-4(2-16)19-9/h3-5,9,16-17H,1-2H2,(H3,11,13,14,18)/t4-,5?,9+/m1/s1. The van der Waals surface area contributed by atoms with E-state index in [0.29, 0.717) is 6.42 Å². The van der Waals surface area contributed by atoms with Crippen LogP contribution in [0.15, 0.2) is 11.1 Å². The van der Waals surface area contributed by atoms with E-state index in [0.717, 1.165) is 0 Å². The van der Waals surface area contributed by atoms with Crippen molar-refractivity contribution < 1.29 is 14.9 Å². The average molecular weight is 267 g/mol. The molecule has 3 atom stereocenters. The monoisotopic (exact) mass is 267 g/mol. The van der Waals surface area contributed by atoms with Crippen molar-refractivity contribution in [3.63, 3.8) is 0 Å². The smallest absolute Gasteiger partial charge is 0.280 e. The van der Waals surface area contributed by atoms with Crippen LogP contribution < -0.4 is 11.3 Å². The quantitative estimate of drug-likeness (QED) is 0.510. The molecule has 0 amide bonds. The Kier molecular flexibility index (Phi) is 2.73. The van der Waals surface area contributed by atoms with Crippen molar-refractivity contribution in [1.29, 1.82) is 0 Å². The van der Waals surface area contributed by atoms with Crippen LogP contribution in [0.25, 0.3) is 11.2 Å². The van der Waals surface area contributed by atoms with Gasteiger partial charge >= 0.3 is 0 Å². The molecular weight excluding hydrogens is 254 g/mol. The molecule has 0 radical (unpaired) electrons. The molecule has 1 aliphatic rings. The van der Waals surface area contributed by atoms with Crippen LogP contribution >= 0.6 is 0 Å². The summed E-state index contributed by atoms with van der Waals surface area (Å²) in [5.41, 5.74) is 5.40. The third kappa shape index (κ3) is 1.87. The van der Waals surface area contributed by atoms with Crippen LogP contribution in [0.4, 0.5) is 5.95 Å². The first-order valence-electron chi connectivity index (χ1n) is 5.77. The summed E-state index contributed by atoms with van der Waals surface area (Å²) >= 11 is 0. The van der Waals surface area contributed by atoms with E-state index in [1.165, 1.54) is 10.9 Å². The van der Waals surface area contributed by atoms with E-state index in [1.54, 1.807) is 0 Å². The number of rotatable bonds is 2. The Balaban J connectivity index is 2.09. The fraction of sp³-hybridized carbons (Fsp3) is 0.500. The molecule has 5 N–H and O–H groups in total. The number of H-pyrrole nitrogens is 1. The topological polar surface area (TPSA) is 139 Å². The first-order valence-corrected chi connectivity index (χ1v) is 5.77. The van der Waals surface area contributed by atoms with Gasteiger partial charge in [0.15, 0.2) is 17.4 Å². The van der Waals surface area contributed by atoms with Crippen LogP contribution in [0.5, 0.6) is 0 Å². The fourth-order valence-electron chi connectivity index (χ4n) is 2.23. The highest BCUT2D eigenvalue weighted by Gasteiger charge is 2.35. The lowest BCUT2D eigenvalue weighted by Gasteiger charge is -2.16. The number of fused-ring (bicyclic) bond motifs is 1. The molecule has 1 unspecified atom stereocenters. The van der Waals surface area contributed by atoms with Crippen LogP contribution in [0.2, 0.25) is 0 Å². The molecule has 0 saturated carbocycles. The lowest BCUT2D eigenvalue weighted by molar-refractivity contribution is -0.0486. The minimum atomic E-state index is -0.808. The summed E-state index contributed by atoms with van der Waals surface area (Å²) in [6.45, 7) is -0.184. The first kappa shape index (κ1) is 12.1. The molecule has 0 aliphatic carbocycles. The molecule has 3 rings (SSSR count). The Morgan fingerprint density at radius 3 is 3.11 bits per heavy atom. The van der Waals surface area contributed by atoms with Gasteiger partial charge in [-0.2, -0.15) is 4.98 Å². The molecule has 3 heterocycles. The van der Waals surface area contributed by atoms with E-state index in [1.807, 2.05) is 0 Å². The van der Waals surface area contributed by atoms with E-state index < -0.39 is 24.0 Å². The van der Waals surface area contributed by atoms with Gasteiger partial charge in [-0.3, -0.25) is 14.3 Å². The molecule has 2 aromatic heterocycles. The Hall–Kier alpha value is -1.97. The highest BCUT2D eigenvalue weighted by Crippen LogP contribution is 2.30. The number of nitrogens with zero attached hydrogens (tertiary/aromatic N) is 3. The summed E-state index contributed by atoms with van der Waals surface area (Å²) in [4.78, 5) is 21.9. The van der Waals surface area contributed by atoms with Crippen LogP contribution in [0.1, 0.15) is 12.6 Å². The van der Waals surface area contributed by atoms with Crippen molar-refractivity contribution in [3.05, 3.63) is 16.7 Å². The van der Waals surface area contributed by atoms with Crippen molar-refractivity contribution in [2.45, 2.75) is 24.9 Å². The number of imidazole rings is 1. The number of nitrogen functional groups attached to an aromatic ring is 1. The number of hydrogen-bond acceptors (Lipinski definition) is 7. The largest absolute Gasteiger partial charge is 0.394 e. The number of aliphatic hydroxyl groups is 2. The van der Waals surface area contributed by atoms with Gasteiger partial charge in [-0.25, -0.2) is 4.98 Å². The van der Waals surface area contributed by atoms with Gasteiger partial charge in [0.25, 0.3) is 5.56 Å². The molecule has 0 bridgehead atoms. The zero-order valence-electron chi connectivity index (χ0n) is 9.85. The minimum Gasteiger partial charge on any atom is -0.394 e. The number of aromatic amines is 1. The maximum absolute atomic E-state index is 11.6. The third-order valence-corrected chi connectivity index (χ3v) is 3.09. The minimum absolute atomic E-state index is 0.0366. The summed E-state index contributed by atoms with van der Waals surface area (Å²) < 4.78 is 6.93. The van der Waals surface area contributed by atoms with E-state index in [9.17, 15) is 9.90 Å². The molecule has 1 aliphatic heterocycles. The van der Waals surface area contributed by atoms with E-state index >= 15 is 0 Å². The first-order chi connectivity index (χ1) is 9.10. The van der Waals surface area contributed by atoms with Crippen LogP contribution in [0, 0.1) is 0 Å². The number of hydrogen-bond donors (Lipinski definition) is 4. The summed E-state index contributed by atoms with van der Waals surface area (Å²) in [6.07, 6.45) is -0.330. The van der Waals surface area contributed by atoms with Crippen LogP contribution in [-0.4, -0.2) is 48.5 Å². The lowest BCUT2D eigenvalue weighted by atomic mass is 10.2. The normalized spacial score (nSPS) is 27.2. The number of nitrogens with two attached hydrogens (primary N) is 1. The van der Waals surface area contributed by atoms with E-state index in [-0.39, 0.29) is 23.7 Å². The molecular formula is C10H13N5O4. The Bertz CT molecular complexity index is 665. The molecule has 9 heteroatoms. The second kappa shape index (κ2) is 4.30. The molecule has 0 aromatic carbocycles. The van der Waals surface area contributed by atoms with Crippen molar-refractivity contribution in [1.82, 2.24) is 19.5 Å². The zero-order valence-corrected chi connectivity index (χ0v) is 9.85. The molecule has 1 fully saturated rings. The highest BCUT2D eigenvalue weighted by molar-refractivity contribution is 5.70. The zero-order chi connectivity index (χ0) is 13.6. The Morgan fingerprint density at radius 1 is 1.63 bits per heavy atom. The van der Waals surface area contributed by atoms with Gasteiger partial charge in [0.1, 0.15) is 6.10 Å². The number of aromatic nitrogens is 4. The maximum Gasteiger partial charge on any atom is 0.280 e. The molecule has 9 nitrogen and oxygen atoms in total. The summed E-state index contributed by atoms with van der Waals surface area (Å²) in [6, 6.07) is 0. The Morgan fingerprint density at radius 2 is 2.42 bits per heavy atom. The molecule has 1 saturated heterocycles. The van der Waals surface area contributed by atoms with Gasteiger partial charge in [0.05, 0.1) is 19.0 Å². The van der Waals surface area contributed by atoms with Gasteiger partial charge in [-0.15, -0.1) is 0 Å². The lowest BCUT2D eigenvalue weighted by Crippen LogP contribution is -2.20. The molecule has 0 spiro atoms. The number of ether oxygens (including phenoxy) is 1. The van der Waals surface area contributed by atoms with Gasteiger partial charge < -0.3 is 20.7 Å². The second-order valence-electron chi connectivity index (χ2n) is 4.41. The van der Waals surface area contributed by atoms with Gasteiger partial charge in [0.2, 0.25) is 5.95 Å². The predicted molar refractivity (Wildman–Crippen MR) is 64.2 cm³/mol. The summed E-state index contributed by atoms with van der Waals surface area (Å²) in [5, 5.41) is 19.0. The number of anilines is 1. The Labute approximate surface area is 106 Å². The fourth-order valence-corrected chi connectivity index (χ4v) is 2.23. The molecule has 2 aromatic rings. The van der Waals surface area contributed by atoms with E-state index in [2.05, 4.69) is 15.0 Å². The van der Waals surface area contributed by atoms with Crippen molar-refractivity contribution in [2.75, 3.05) is 12.3 Å². The number of nitrogens with one attached hydrogen (secondary N) is 1. The van der Waals surface area contributed by atoms with Gasteiger partial charge in [0, 0.05) is 6.42 Å². The molecule has 19 heavy (non-hydrogen) atoms. The third-order valence-electron chi connectivity index (χ3n) is 3.09. The number of aliphatic hydroxyl groups excluding tert-OH is 2. The van der Waals surface area contributed by atoms with Crippen LogP contribution in [-0.2, 0) is 4.74 Å². The molecule has 102 valence electrons. The maximum atomic E-state index is 11.6. The second-order valence-corrected chi connectivity index (χ2v) is 4.41. The van der Waals surface area contributed by atoms with Crippen LogP contribution in [0.3, 0.4) is 0 Å². The van der Waals surface area contributed by atoms with E-state index in [4.69, 9.17) is 15.6 Å². The van der Waals surface area contributed by atoms with Crippen molar-refractivity contribution in [2.24, 2.45) is 0 Å². The van der Waals surface area contributed by atoms with Gasteiger partial charge in [-0.1, -0.05) is 0 Å². The van der Waals surface area contributed by atoms with Crippen molar-refractivity contribution >= 4 is 17.1 Å². The van der Waals surface area contributed by atoms with Crippen molar-refractivity contribution in [3.8, 4) is 0 Å². The summed E-state index contributed by atoms with van der Waals surface area (Å²) in [7, 11) is 0. The average Bonchev–Trinajstić information content (AvgIpc) is 2.92. The van der Waals surface area contributed by atoms with Gasteiger partial charge in [-0.05, 0) is 0 Å².